The zero-order valence-electron chi connectivity index (χ0n) is 10.8. The van der Waals surface area contributed by atoms with E-state index in [0.29, 0.717) is 23.8 Å². The molecule has 7 heteroatoms. The number of hydrogen-bond acceptors (Lipinski definition) is 4. The van der Waals surface area contributed by atoms with Gasteiger partial charge in [-0.2, -0.15) is 4.31 Å². The number of nitrogens with zero attached hydrogens (tertiary/aromatic N) is 1. The molecule has 0 aliphatic carbocycles. The maximum absolute atomic E-state index is 12.2. The van der Waals surface area contributed by atoms with Crippen molar-refractivity contribution in [2.24, 2.45) is 0 Å². The van der Waals surface area contributed by atoms with Crippen LogP contribution in [0.1, 0.15) is 25.6 Å². The predicted octanol–water partition coefficient (Wildman–Crippen LogP) is 1.41. The van der Waals surface area contributed by atoms with E-state index >= 15 is 0 Å². The summed E-state index contributed by atoms with van der Waals surface area (Å²) < 4.78 is 26.1. The number of nitrogens with one attached hydrogen (secondary N) is 1. The van der Waals surface area contributed by atoms with Gasteiger partial charge in [0.15, 0.2) is 0 Å². The SMILES string of the molecule is CCN(CC)S(=O)(=O)c1ccc(CNC(C)=O)s1. The van der Waals surface area contributed by atoms with Crippen molar-refractivity contribution in [3.8, 4) is 0 Å². The summed E-state index contributed by atoms with van der Waals surface area (Å²) in [5.41, 5.74) is 0. The molecule has 0 fully saturated rings. The van der Waals surface area contributed by atoms with Gasteiger partial charge in [-0.05, 0) is 12.1 Å². The van der Waals surface area contributed by atoms with Gasteiger partial charge in [0.2, 0.25) is 5.91 Å². The molecule has 0 spiro atoms. The van der Waals surface area contributed by atoms with Gasteiger partial charge >= 0.3 is 0 Å². The first kappa shape index (κ1) is 15.1. The Kier molecular flexibility index (Phi) is 5.30. The van der Waals surface area contributed by atoms with E-state index in [4.69, 9.17) is 0 Å². The molecule has 18 heavy (non-hydrogen) atoms. The van der Waals surface area contributed by atoms with Crippen LogP contribution in [0.3, 0.4) is 0 Å². The van der Waals surface area contributed by atoms with Crippen LogP contribution < -0.4 is 5.32 Å². The zero-order chi connectivity index (χ0) is 13.8. The first-order chi connectivity index (χ1) is 8.41. The van der Waals surface area contributed by atoms with Crippen molar-refractivity contribution in [1.82, 2.24) is 9.62 Å². The lowest BCUT2D eigenvalue weighted by atomic mass is 10.4. The summed E-state index contributed by atoms with van der Waals surface area (Å²) in [4.78, 5) is 11.6. The molecular formula is C11H18N2O3S2. The number of amides is 1. The van der Waals surface area contributed by atoms with Gasteiger partial charge in [-0.1, -0.05) is 13.8 Å². The smallest absolute Gasteiger partial charge is 0.252 e. The van der Waals surface area contributed by atoms with Gasteiger partial charge in [0.25, 0.3) is 10.0 Å². The normalized spacial score (nSPS) is 11.8. The molecule has 1 heterocycles. The molecule has 0 aliphatic rings. The van der Waals surface area contributed by atoms with E-state index in [1.54, 1.807) is 12.1 Å². The van der Waals surface area contributed by atoms with Crippen molar-refractivity contribution in [3.05, 3.63) is 17.0 Å². The van der Waals surface area contributed by atoms with E-state index in [1.807, 2.05) is 13.8 Å². The number of sulfonamides is 1. The Balaban J connectivity index is 2.88. The average molecular weight is 290 g/mol. The fourth-order valence-corrected chi connectivity index (χ4v) is 4.40. The lowest BCUT2D eigenvalue weighted by Gasteiger charge is -2.16. The minimum atomic E-state index is -3.38. The highest BCUT2D eigenvalue weighted by Crippen LogP contribution is 2.24. The van der Waals surface area contributed by atoms with Gasteiger partial charge < -0.3 is 5.32 Å². The van der Waals surface area contributed by atoms with E-state index in [0.717, 1.165) is 4.88 Å². The van der Waals surface area contributed by atoms with Gasteiger partial charge in [-0.25, -0.2) is 8.42 Å². The third-order valence-corrected chi connectivity index (χ3v) is 6.05. The van der Waals surface area contributed by atoms with Crippen molar-refractivity contribution in [3.63, 3.8) is 0 Å². The van der Waals surface area contributed by atoms with Crippen LogP contribution in [0.15, 0.2) is 16.3 Å². The quantitative estimate of drug-likeness (QED) is 0.861. The van der Waals surface area contributed by atoms with E-state index in [2.05, 4.69) is 5.32 Å². The second-order valence-corrected chi connectivity index (χ2v) is 7.05. The minimum absolute atomic E-state index is 0.128. The third-order valence-electron chi connectivity index (χ3n) is 2.45. The average Bonchev–Trinajstić information content (AvgIpc) is 2.76. The van der Waals surface area contributed by atoms with Gasteiger partial charge in [-0.15, -0.1) is 11.3 Å². The summed E-state index contributed by atoms with van der Waals surface area (Å²) in [5.74, 6) is -0.128. The standard InChI is InChI=1S/C11H18N2O3S2/c1-4-13(5-2)18(15,16)11-7-6-10(17-11)8-12-9(3)14/h6-7H,4-5,8H2,1-3H3,(H,12,14). The highest BCUT2D eigenvalue weighted by Gasteiger charge is 2.23. The molecule has 5 nitrogen and oxygen atoms in total. The van der Waals surface area contributed by atoms with Gasteiger partial charge in [0, 0.05) is 24.9 Å². The lowest BCUT2D eigenvalue weighted by Crippen LogP contribution is -2.29. The number of hydrogen-bond donors (Lipinski definition) is 1. The molecule has 0 atom stereocenters. The fourth-order valence-electron chi connectivity index (χ4n) is 1.49. The van der Waals surface area contributed by atoms with Crippen LogP contribution in [0.4, 0.5) is 0 Å². The number of thiophene rings is 1. The molecule has 102 valence electrons. The Bertz CT molecular complexity index is 504. The molecule has 0 aliphatic heterocycles. The van der Waals surface area contributed by atoms with E-state index in [1.165, 1.54) is 22.6 Å². The van der Waals surface area contributed by atoms with Gasteiger partial charge in [0.1, 0.15) is 4.21 Å². The molecule has 1 aromatic rings. The van der Waals surface area contributed by atoms with E-state index in [9.17, 15) is 13.2 Å². The Hall–Kier alpha value is -0.920. The summed E-state index contributed by atoms with van der Waals surface area (Å²) in [6.45, 7) is 6.34. The van der Waals surface area contributed by atoms with Crippen LogP contribution in [0, 0.1) is 0 Å². The van der Waals surface area contributed by atoms with Crippen molar-refractivity contribution in [2.75, 3.05) is 13.1 Å². The lowest BCUT2D eigenvalue weighted by molar-refractivity contribution is -0.119. The Morgan fingerprint density at radius 2 is 1.94 bits per heavy atom. The molecule has 1 N–H and O–H groups in total. The van der Waals surface area contributed by atoms with Crippen LogP contribution >= 0.6 is 11.3 Å². The third kappa shape index (κ3) is 3.54. The molecule has 0 aromatic carbocycles. The Morgan fingerprint density at radius 1 is 1.33 bits per heavy atom. The summed E-state index contributed by atoms with van der Waals surface area (Å²) in [6.07, 6.45) is 0. The topological polar surface area (TPSA) is 66.5 Å². The molecule has 1 amide bonds. The van der Waals surface area contributed by atoms with Crippen molar-refractivity contribution >= 4 is 27.3 Å². The van der Waals surface area contributed by atoms with Crippen LogP contribution in [0.2, 0.25) is 0 Å². The second-order valence-electron chi connectivity index (χ2n) is 3.72. The molecule has 1 rings (SSSR count). The van der Waals surface area contributed by atoms with Crippen molar-refractivity contribution in [1.29, 1.82) is 0 Å². The highest BCUT2D eigenvalue weighted by molar-refractivity contribution is 7.91. The van der Waals surface area contributed by atoms with E-state index < -0.39 is 10.0 Å². The minimum Gasteiger partial charge on any atom is -0.351 e. The monoisotopic (exact) mass is 290 g/mol. The van der Waals surface area contributed by atoms with E-state index in [-0.39, 0.29) is 5.91 Å². The zero-order valence-corrected chi connectivity index (χ0v) is 12.4. The molecule has 0 saturated heterocycles. The Morgan fingerprint density at radius 3 is 2.44 bits per heavy atom. The predicted molar refractivity (Wildman–Crippen MR) is 71.9 cm³/mol. The largest absolute Gasteiger partial charge is 0.351 e. The van der Waals surface area contributed by atoms with Gasteiger partial charge in [-0.3, -0.25) is 4.79 Å². The highest BCUT2D eigenvalue weighted by atomic mass is 32.2. The van der Waals surface area contributed by atoms with Crippen molar-refractivity contribution < 1.29 is 13.2 Å². The summed E-state index contributed by atoms with van der Waals surface area (Å²) >= 11 is 1.20. The molecule has 1 aromatic heterocycles. The maximum Gasteiger partial charge on any atom is 0.252 e. The van der Waals surface area contributed by atoms with Crippen LogP contribution in [-0.4, -0.2) is 31.7 Å². The molecule has 0 radical (unpaired) electrons. The van der Waals surface area contributed by atoms with Crippen LogP contribution in [-0.2, 0) is 21.4 Å². The second kappa shape index (κ2) is 6.31. The fraction of sp³-hybridized carbons (Fsp3) is 0.545. The molecule has 0 unspecified atom stereocenters. The maximum atomic E-state index is 12.2. The number of rotatable bonds is 6. The molecule has 0 saturated carbocycles. The van der Waals surface area contributed by atoms with Crippen LogP contribution in [0.25, 0.3) is 0 Å². The summed E-state index contributed by atoms with van der Waals surface area (Å²) in [6, 6.07) is 3.33. The molecule has 0 bridgehead atoms. The molecular weight excluding hydrogens is 272 g/mol. The van der Waals surface area contributed by atoms with Crippen molar-refractivity contribution in [2.45, 2.75) is 31.5 Å². The number of carbonyl (C=O) groups excluding carboxylic acids is 1. The summed E-state index contributed by atoms with van der Waals surface area (Å²) in [5, 5.41) is 2.65. The first-order valence-corrected chi connectivity index (χ1v) is 8.00. The van der Waals surface area contributed by atoms with Gasteiger partial charge in [0.05, 0.1) is 6.54 Å². The summed E-state index contributed by atoms with van der Waals surface area (Å²) in [7, 11) is -3.38. The first-order valence-electron chi connectivity index (χ1n) is 5.75. The number of carbonyl (C=O) groups is 1. The Labute approximate surface area is 112 Å². The van der Waals surface area contributed by atoms with Crippen LogP contribution in [0.5, 0.6) is 0 Å².